The summed E-state index contributed by atoms with van der Waals surface area (Å²) in [5, 5.41) is 2.97. The first kappa shape index (κ1) is 24.5. The maximum atomic E-state index is 15.6. The molecule has 2 aromatic carbocycles. The molecule has 0 spiro atoms. The Morgan fingerprint density at radius 2 is 1.79 bits per heavy atom. The third-order valence-electron chi connectivity index (χ3n) is 6.74. The van der Waals surface area contributed by atoms with Gasteiger partial charge in [-0.2, -0.15) is 0 Å². The summed E-state index contributed by atoms with van der Waals surface area (Å²) in [6, 6.07) is 12.8. The van der Waals surface area contributed by atoms with Gasteiger partial charge < -0.3 is 15.0 Å². The second-order valence-electron chi connectivity index (χ2n) is 9.81. The van der Waals surface area contributed by atoms with E-state index in [0.29, 0.717) is 25.5 Å². The number of carbonyl (C=O) groups is 1. The van der Waals surface area contributed by atoms with Crippen LogP contribution in [0.1, 0.15) is 44.2 Å². The molecule has 0 bridgehead atoms. The summed E-state index contributed by atoms with van der Waals surface area (Å²) < 4.78 is 34.7. The van der Waals surface area contributed by atoms with Crippen molar-refractivity contribution in [1.29, 1.82) is 0 Å². The van der Waals surface area contributed by atoms with Gasteiger partial charge in [-0.25, -0.2) is 13.6 Å². The zero-order valence-corrected chi connectivity index (χ0v) is 20.1. The number of alkyl halides is 1. The highest BCUT2D eigenvalue weighted by molar-refractivity contribution is 5.74. The second-order valence-corrected chi connectivity index (χ2v) is 9.81. The topological polar surface area (TPSA) is 44.8 Å². The van der Waals surface area contributed by atoms with E-state index in [9.17, 15) is 9.18 Å². The highest BCUT2D eigenvalue weighted by Gasteiger charge is 2.44. The normalized spacial score (nSPS) is 22.4. The van der Waals surface area contributed by atoms with Gasteiger partial charge in [-0.3, -0.25) is 4.90 Å². The molecular weight excluding hydrogens is 436 g/mol. The minimum atomic E-state index is -1.10. The van der Waals surface area contributed by atoms with Gasteiger partial charge in [0.2, 0.25) is 0 Å². The largest absolute Gasteiger partial charge is 0.493 e. The smallest absolute Gasteiger partial charge is 0.318 e. The lowest BCUT2D eigenvalue weighted by molar-refractivity contribution is 0.0200. The van der Waals surface area contributed by atoms with Crippen molar-refractivity contribution in [2.75, 3.05) is 19.7 Å². The molecule has 7 heteroatoms. The average molecular weight is 472 g/mol. The van der Waals surface area contributed by atoms with Gasteiger partial charge in [0.05, 0.1) is 12.6 Å². The number of hydrogen-bond acceptors (Lipinski definition) is 3. The predicted octanol–water partition coefficient (Wildman–Crippen LogP) is 5.15. The molecule has 34 heavy (non-hydrogen) atoms. The zero-order valence-electron chi connectivity index (χ0n) is 20.1. The van der Waals surface area contributed by atoms with Crippen LogP contribution in [0.5, 0.6) is 5.75 Å². The third kappa shape index (κ3) is 6.06. The Hall–Kier alpha value is -2.67. The van der Waals surface area contributed by atoms with E-state index in [1.807, 2.05) is 24.3 Å². The van der Waals surface area contributed by atoms with Crippen LogP contribution in [0, 0.1) is 11.7 Å². The van der Waals surface area contributed by atoms with Crippen LogP contribution in [0.25, 0.3) is 0 Å². The van der Waals surface area contributed by atoms with Gasteiger partial charge in [-0.15, -0.1) is 0 Å². The Balaban J connectivity index is 1.43. The number of hydrogen-bond donors (Lipinski definition) is 1. The average Bonchev–Trinajstić information content (AvgIpc) is 3.32. The van der Waals surface area contributed by atoms with E-state index in [1.54, 1.807) is 17.0 Å². The molecule has 2 fully saturated rings. The molecule has 0 aromatic heterocycles. The van der Waals surface area contributed by atoms with Crippen molar-refractivity contribution in [1.82, 2.24) is 15.1 Å². The molecule has 0 aliphatic carbocycles. The molecular formula is C27H35F2N3O2. The molecule has 2 aliphatic heterocycles. The summed E-state index contributed by atoms with van der Waals surface area (Å²) in [5.74, 6) is 0.912. The van der Waals surface area contributed by atoms with Crippen LogP contribution < -0.4 is 10.1 Å². The summed E-state index contributed by atoms with van der Waals surface area (Å²) in [4.78, 5) is 17.1. The maximum absolute atomic E-state index is 15.6. The van der Waals surface area contributed by atoms with E-state index in [-0.39, 0.29) is 24.4 Å². The molecule has 2 amide bonds. The minimum absolute atomic E-state index is 0.124. The molecule has 0 unspecified atom stereocenters. The fourth-order valence-corrected chi connectivity index (χ4v) is 4.90. The van der Waals surface area contributed by atoms with Gasteiger partial charge in [0, 0.05) is 25.7 Å². The first-order valence-electron chi connectivity index (χ1n) is 12.3. The maximum Gasteiger partial charge on any atom is 0.318 e. The van der Waals surface area contributed by atoms with E-state index in [4.69, 9.17) is 4.74 Å². The van der Waals surface area contributed by atoms with E-state index in [0.717, 1.165) is 42.8 Å². The molecule has 0 saturated carbocycles. The number of fused-ring (bicyclic) bond motifs is 1. The standard InChI is InChI=1S/C27H35F2N3O2/c1-19(2)18-34-23-11-7-20(8-12-23)16-30-27(33)32(17-21-5-9-22(28)10-6-21)25-13-15-31-14-3-4-24(31)26(25)29/h5-12,19,24-26H,3-4,13-18H2,1-2H3,(H,30,33)/t24-,25-,26-/m1/s1. The Morgan fingerprint density at radius 3 is 2.50 bits per heavy atom. The molecule has 3 atom stereocenters. The van der Waals surface area contributed by atoms with E-state index >= 15 is 4.39 Å². The van der Waals surface area contributed by atoms with Crippen molar-refractivity contribution in [3.8, 4) is 5.75 Å². The van der Waals surface area contributed by atoms with E-state index in [2.05, 4.69) is 24.1 Å². The van der Waals surface area contributed by atoms with Crippen molar-refractivity contribution in [2.24, 2.45) is 5.92 Å². The summed E-state index contributed by atoms with van der Waals surface area (Å²) in [5.41, 5.74) is 1.72. The number of halogens is 2. The quantitative estimate of drug-likeness (QED) is 0.579. The number of carbonyl (C=O) groups excluding carboxylic acids is 1. The summed E-state index contributed by atoms with van der Waals surface area (Å²) in [6.45, 7) is 7.15. The lowest BCUT2D eigenvalue weighted by Crippen LogP contribution is -2.58. The summed E-state index contributed by atoms with van der Waals surface area (Å²) in [7, 11) is 0. The molecule has 0 radical (unpaired) electrons. The van der Waals surface area contributed by atoms with Gasteiger partial charge in [-0.1, -0.05) is 38.1 Å². The number of rotatable bonds is 8. The molecule has 5 nitrogen and oxygen atoms in total. The monoisotopic (exact) mass is 471 g/mol. The van der Waals surface area contributed by atoms with Crippen LogP contribution in [0.4, 0.5) is 13.6 Å². The van der Waals surface area contributed by atoms with Gasteiger partial charge >= 0.3 is 6.03 Å². The Morgan fingerprint density at radius 1 is 1.09 bits per heavy atom. The number of amides is 2. The lowest BCUT2D eigenvalue weighted by Gasteiger charge is -2.43. The van der Waals surface area contributed by atoms with Crippen LogP contribution in [0.3, 0.4) is 0 Å². The fraction of sp³-hybridized carbons (Fsp3) is 0.519. The van der Waals surface area contributed by atoms with Crippen molar-refractivity contribution in [3.05, 3.63) is 65.5 Å². The number of ether oxygens (including phenoxy) is 1. The highest BCUT2D eigenvalue weighted by atomic mass is 19.1. The van der Waals surface area contributed by atoms with E-state index < -0.39 is 12.2 Å². The van der Waals surface area contributed by atoms with E-state index in [1.165, 1.54) is 12.1 Å². The minimum Gasteiger partial charge on any atom is -0.493 e. The number of nitrogens with zero attached hydrogens (tertiary/aromatic N) is 2. The number of benzene rings is 2. The molecule has 2 heterocycles. The lowest BCUT2D eigenvalue weighted by atomic mass is 9.93. The fourth-order valence-electron chi connectivity index (χ4n) is 4.90. The first-order valence-corrected chi connectivity index (χ1v) is 12.3. The third-order valence-corrected chi connectivity index (χ3v) is 6.74. The van der Waals surface area contributed by atoms with Crippen molar-refractivity contribution < 1.29 is 18.3 Å². The van der Waals surface area contributed by atoms with Gasteiger partial charge in [0.1, 0.15) is 17.7 Å². The van der Waals surface area contributed by atoms with Gasteiger partial charge in [-0.05, 0) is 67.1 Å². The molecule has 184 valence electrons. The van der Waals surface area contributed by atoms with Crippen LogP contribution in [0.15, 0.2) is 48.5 Å². The molecule has 2 aliphatic rings. The van der Waals surface area contributed by atoms with Gasteiger partial charge in [0.15, 0.2) is 0 Å². The zero-order chi connectivity index (χ0) is 24.1. The number of piperidine rings is 1. The predicted molar refractivity (Wildman–Crippen MR) is 129 cm³/mol. The van der Waals surface area contributed by atoms with Crippen LogP contribution in [-0.2, 0) is 13.1 Å². The van der Waals surface area contributed by atoms with Crippen molar-refractivity contribution in [2.45, 2.75) is 64.5 Å². The molecule has 2 saturated heterocycles. The SMILES string of the molecule is CC(C)COc1ccc(CNC(=O)N(Cc2ccc(F)cc2)[C@@H]2CCN3CCC[C@@H]3[C@H]2F)cc1. The summed E-state index contributed by atoms with van der Waals surface area (Å²) in [6.07, 6.45) is 1.32. The Kier molecular flexibility index (Phi) is 8.03. The Bertz CT molecular complexity index is 936. The summed E-state index contributed by atoms with van der Waals surface area (Å²) >= 11 is 0. The Labute approximate surface area is 201 Å². The highest BCUT2D eigenvalue weighted by Crippen LogP contribution is 2.32. The van der Waals surface area contributed by atoms with Crippen LogP contribution in [0.2, 0.25) is 0 Å². The first-order chi connectivity index (χ1) is 16.4. The second kappa shape index (κ2) is 11.2. The van der Waals surface area contributed by atoms with Crippen LogP contribution >= 0.6 is 0 Å². The van der Waals surface area contributed by atoms with Crippen LogP contribution in [-0.4, -0.2) is 53.8 Å². The van der Waals surface area contributed by atoms with Crippen molar-refractivity contribution in [3.63, 3.8) is 0 Å². The molecule has 1 N–H and O–H groups in total. The van der Waals surface area contributed by atoms with Crippen molar-refractivity contribution >= 4 is 6.03 Å². The molecule has 2 aromatic rings. The van der Waals surface area contributed by atoms with Gasteiger partial charge in [0.25, 0.3) is 0 Å². The molecule has 4 rings (SSSR count). The number of nitrogens with one attached hydrogen (secondary N) is 1. The number of urea groups is 1.